The lowest BCUT2D eigenvalue weighted by Crippen LogP contribution is -2.40. The van der Waals surface area contributed by atoms with Gasteiger partial charge in [0.2, 0.25) is 0 Å². The van der Waals surface area contributed by atoms with Crippen molar-refractivity contribution in [3.8, 4) is 0 Å². The molecular formula is C15H21N5O3S. The Kier molecular flexibility index (Phi) is 4.44. The molecule has 0 aliphatic carbocycles. The highest BCUT2D eigenvalue weighted by atomic mass is 32.2. The summed E-state index contributed by atoms with van der Waals surface area (Å²) < 4.78 is 25.2. The first kappa shape index (κ1) is 16.7. The fourth-order valence-corrected chi connectivity index (χ4v) is 4.01. The summed E-state index contributed by atoms with van der Waals surface area (Å²) in [5.41, 5.74) is 1.20. The summed E-state index contributed by atoms with van der Waals surface area (Å²) in [4.78, 5) is 14.6. The first-order chi connectivity index (χ1) is 11.3. The summed E-state index contributed by atoms with van der Waals surface area (Å²) in [5.74, 6) is 0.182. The van der Waals surface area contributed by atoms with Gasteiger partial charge in [-0.25, -0.2) is 8.42 Å². The summed E-state index contributed by atoms with van der Waals surface area (Å²) in [6.07, 6.45) is 8.25. The van der Waals surface area contributed by atoms with Crippen LogP contribution in [0.4, 0.5) is 0 Å². The van der Waals surface area contributed by atoms with Crippen molar-refractivity contribution in [3.05, 3.63) is 29.8 Å². The molecule has 3 rings (SSSR count). The van der Waals surface area contributed by atoms with Crippen LogP contribution in [-0.2, 0) is 23.3 Å². The van der Waals surface area contributed by atoms with E-state index in [1.54, 1.807) is 24.1 Å². The van der Waals surface area contributed by atoms with Gasteiger partial charge in [0, 0.05) is 32.6 Å². The zero-order valence-corrected chi connectivity index (χ0v) is 14.6. The van der Waals surface area contributed by atoms with E-state index in [0.717, 1.165) is 12.8 Å². The Balaban J connectivity index is 1.70. The number of sulfone groups is 1. The molecule has 1 aliphatic rings. The summed E-state index contributed by atoms with van der Waals surface area (Å²) in [5, 5.41) is 10.7. The molecule has 0 spiro atoms. The van der Waals surface area contributed by atoms with Gasteiger partial charge in [-0.3, -0.25) is 14.6 Å². The highest BCUT2D eigenvalue weighted by molar-refractivity contribution is 7.90. The Morgan fingerprint density at radius 1 is 1.42 bits per heavy atom. The Bertz CT molecular complexity index is 839. The molecule has 24 heavy (non-hydrogen) atoms. The van der Waals surface area contributed by atoms with E-state index >= 15 is 0 Å². The van der Waals surface area contributed by atoms with Crippen LogP contribution in [0.25, 0.3) is 0 Å². The second kappa shape index (κ2) is 6.39. The van der Waals surface area contributed by atoms with Crippen molar-refractivity contribution in [1.29, 1.82) is 0 Å². The van der Waals surface area contributed by atoms with E-state index in [0.29, 0.717) is 30.8 Å². The van der Waals surface area contributed by atoms with Crippen LogP contribution in [0.1, 0.15) is 28.9 Å². The number of H-pyrrole nitrogens is 1. The molecule has 2 aromatic rings. The number of hydrogen-bond donors (Lipinski definition) is 1. The highest BCUT2D eigenvalue weighted by Gasteiger charge is 2.27. The minimum absolute atomic E-state index is 0.0271. The van der Waals surface area contributed by atoms with Crippen molar-refractivity contribution in [2.45, 2.75) is 24.2 Å². The second-order valence-corrected chi connectivity index (χ2v) is 8.34. The molecule has 0 saturated carbocycles. The van der Waals surface area contributed by atoms with Gasteiger partial charge in [-0.05, 0) is 25.2 Å². The summed E-state index contributed by atoms with van der Waals surface area (Å²) in [6.45, 7) is 1.32. The maximum absolute atomic E-state index is 12.5. The molecule has 1 aliphatic heterocycles. The third kappa shape index (κ3) is 3.50. The number of nitrogens with zero attached hydrogens (tertiary/aromatic N) is 4. The molecule has 1 N–H and O–H groups in total. The van der Waals surface area contributed by atoms with Crippen LogP contribution in [0.3, 0.4) is 0 Å². The van der Waals surface area contributed by atoms with Crippen molar-refractivity contribution in [1.82, 2.24) is 24.9 Å². The van der Waals surface area contributed by atoms with Gasteiger partial charge in [-0.2, -0.15) is 10.2 Å². The van der Waals surface area contributed by atoms with Crippen LogP contribution in [0, 0.1) is 5.92 Å². The number of carbonyl (C=O) groups excluding carboxylic acids is 1. The number of carbonyl (C=O) groups is 1. The highest BCUT2D eigenvalue weighted by Crippen LogP contribution is 2.24. The lowest BCUT2D eigenvalue weighted by Gasteiger charge is -2.32. The predicted molar refractivity (Wildman–Crippen MR) is 87.2 cm³/mol. The lowest BCUT2D eigenvalue weighted by atomic mass is 9.93. The van der Waals surface area contributed by atoms with E-state index in [9.17, 15) is 13.2 Å². The van der Waals surface area contributed by atoms with E-state index in [1.807, 2.05) is 4.90 Å². The van der Waals surface area contributed by atoms with Gasteiger partial charge in [-0.15, -0.1) is 0 Å². The molecule has 1 amide bonds. The first-order valence-electron chi connectivity index (χ1n) is 7.85. The molecule has 0 radical (unpaired) electrons. The Morgan fingerprint density at radius 3 is 2.88 bits per heavy atom. The normalized spacial score (nSPS) is 18.8. The van der Waals surface area contributed by atoms with Gasteiger partial charge in [0.1, 0.15) is 4.90 Å². The zero-order valence-electron chi connectivity index (χ0n) is 13.8. The average Bonchev–Trinajstić information content (AvgIpc) is 3.15. The molecule has 130 valence electrons. The van der Waals surface area contributed by atoms with Crippen LogP contribution >= 0.6 is 0 Å². The number of aromatic nitrogens is 4. The van der Waals surface area contributed by atoms with Crippen molar-refractivity contribution in [2.24, 2.45) is 13.0 Å². The van der Waals surface area contributed by atoms with E-state index < -0.39 is 9.84 Å². The number of hydrogen-bond acceptors (Lipinski definition) is 5. The molecule has 3 heterocycles. The SMILES string of the molecule is Cn1cc(C(=O)N2CCCC(Cc3[nH]ncc3S(C)(=O)=O)C2)cn1. The minimum Gasteiger partial charge on any atom is -0.338 e. The molecule has 2 aromatic heterocycles. The third-order valence-corrected chi connectivity index (χ3v) is 5.48. The molecule has 1 saturated heterocycles. The molecule has 9 heteroatoms. The van der Waals surface area contributed by atoms with Crippen molar-refractivity contribution < 1.29 is 13.2 Å². The number of aromatic amines is 1. The monoisotopic (exact) mass is 351 g/mol. The van der Waals surface area contributed by atoms with E-state index in [1.165, 1.54) is 12.5 Å². The van der Waals surface area contributed by atoms with Crippen molar-refractivity contribution in [3.63, 3.8) is 0 Å². The topological polar surface area (TPSA) is 101 Å². The predicted octanol–water partition coefficient (Wildman–Crippen LogP) is 0.642. The number of piperidine rings is 1. The second-order valence-electron chi connectivity index (χ2n) is 6.35. The molecule has 0 bridgehead atoms. The molecular weight excluding hydrogens is 330 g/mol. The molecule has 1 unspecified atom stereocenters. The van der Waals surface area contributed by atoms with Gasteiger partial charge in [-0.1, -0.05) is 0 Å². The maximum atomic E-state index is 12.5. The van der Waals surface area contributed by atoms with Gasteiger partial charge >= 0.3 is 0 Å². The molecule has 8 nitrogen and oxygen atoms in total. The molecule has 0 aromatic carbocycles. The fourth-order valence-electron chi connectivity index (χ4n) is 3.19. The minimum atomic E-state index is -3.30. The number of nitrogens with one attached hydrogen (secondary N) is 1. The van der Waals surface area contributed by atoms with Gasteiger partial charge in [0.05, 0.1) is 23.7 Å². The van der Waals surface area contributed by atoms with Crippen molar-refractivity contribution >= 4 is 15.7 Å². The lowest BCUT2D eigenvalue weighted by molar-refractivity contribution is 0.0672. The fraction of sp³-hybridized carbons (Fsp3) is 0.533. The number of aryl methyl sites for hydroxylation is 1. The van der Waals surface area contributed by atoms with Crippen molar-refractivity contribution in [2.75, 3.05) is 19.3 Å². The Morgan fingerprint density at radius 2 is 2.21 bits per heavy atom. The van der Waals surface area contributed by atoms with Gasteiger partial charge < -0.3 is 4.90 Å². The number of rotatable bonds is 4. The third-order valence-electron chi connectivity index (χ3n) is 4.33. The summed E-state index contributed by atoms with van der Waals surface area (Å²) in [6, 6.07) is 0. The largest absolute Gasteiger partial charge is 0.338 e. The number of amides is 1. The van der Waals surface area contributed by atoms with Crippen LogP contribution < -0.4 is 0 Å². The number of likely N-dealkylation sites (tertiary alicyclic amines) is 1. The molecule has 1 atom stereocenters. The van der Waals surface area contributed by atoms with E-state index in [-0.39, 0.29) is 16.7 Å². The smallest absolute Gasteiger partial charge is 0.257 e. The zero-order chi connectivity index (χ0) is 17.3. The summed E-state index contributed by atoms with van der Waals surface area (Å²) in [7, 11) is -1.52. The van der Waals surface area contributed by atoms with Gasteiger partial charge in [0.15, 0.2) is 9.84 Å². The van der Waals surface area contributed by atoms with E-state index in [2.05, 4.69) is 15.3 Å². The summed E-state index contributed by atoms with van der Waals surface area (Å²) >= 11 is 0. The molecule has 1 fully saturated rings. The quantitative estimate of drug-likeness (QED) is 0.871. The maximum Gasteiger partial charge on any atom is 0.257 e. The first-order valence-corrected chi connectivity index (χ1v) is 9.74. The van der Waals surface area contributed by atoms with Crippen LogP contribution in [0.2, 0.25) is 0 Å². The average molecular weight is 351 g/mol. The van der Waals surface area contributed by atoms with E-state index in [4.69, 9.17) is 0 Å². The van der Waals surface area contributed by atoms with Gasteiger partial charge in [0.25, 0.3) is 5.91 Å². The Hall–Kier alpha value is -2.16. The van der Waals surface area contributed by atoms with Crippen LogP contribution in [0.15, 0.2) is 23.5 Å². The standard InChI is InChI=1S/C15H21N5O3S/c1-19-10-12(7-17-19)15(21)20-5-3-4-11(9-20)6-13-14(8-16-18-13)24(2,22)23/h7-8,10-11H,3-6,9H2,1-2H3,(H,16,18). The Labute approximate surface area is 140 Å². The van der Waals surface area contributed by atoms with Crippen LogP contribution in [0.5, 0.6) is 0 Å². The van der Waals surface area contributed by atoms with Crippen LogP contribution in [-0.4, -0.2) is 58.5 Å².